The molecule has 0 heterocycles. The summed E-state index contributed by atoms with van der Waals surface area (Å²) in [6.07, 6.45) is 0. The predicted molar refractivity (Wildman–Crippen MR) is 91.8 cm³/mol. The summed E-state index contributed by atoms with van der Waals surface area (Å²) >= 11 is 0. The molecule has 0 aliphatic carbocycles. The molecule has 3 aromatic carbocycles. The molecular formula is C20H24. The summed E-state index contributed by atoms with van der Waals surface area (Å²) < 4.78 is 0. The summed E-state index contributed by atoms with van der Waals surface area (Å²) in [6, 6.07) is 13.4. The van der Waals surface area contributed by atoms with Crippen LogP contribution in [0.15, 0.2) is 36.4 Å². The summed E-state index contributed by atoms with van der Waals surface area (Å²) in [6.45, 7) is 12.8. The molecular weight excluding hydrogens is 240 g/mol. The molecule has 0 atom stereocenters. The molecule has 0 heteroatoms. The monoisotopic (exact) mass is 264 g/mol. The van der Waals surface area contributed by atoms with Gasteiger partial charge in [0.05, 0.1) is 0 Å². The Hall–Kier alpha value is -1.82. The van der Waals surface area contributed by atoms with Gasteiger partial charge in [0.15, 0.2) is 0 Å². The molecule has 3 aromatic rings. The van der Waals surface area contributed by atoms with E-state index in [1.54, 1.807) is 0 Å². The highest BCUT2D eigenvalue weighted by Gasteiger charge is 2.08. The lowest BCUT2D eigenvalue weighted by Gasteiger charge is -2.13. The van der Waals surface area contributed by atoms with Crippen LogP contribution in [-0.2, 0) is 0 Å². The van der Waals surface area contributed by atoms with Gasteiger partial charge in [-0.15, -0.1) is 0 Å². The number of fused-ring (bicyclic) bond motifs is 3. The van der Waals surface area contributed by atoms with Gasteiger partial charge in [0.25, 0.3) is 0 Å². The van der Waals surface area contributed by atoms with E-state index >= 15 is 0 Å². The summed E-state index contributed by atoms with van der Waals surface area (Å²) in [5, 5.41) is 5.58. The second-order valence-corrected chi connectivity index (χ2v) is 5.29. The Kier molecular flexibility index (Phi) is 4.13. The smallest absolute Gasteiger partial charge is 0.00707 e. The zero-order valence-corrected chi connectivity index (χ0v) is 13.5. The Labute approximate surface area is 122 Å². The van der Waals surface area contributed by atoms with Crippen molar-refractivity contribution in [3.05, 3.63) is 58.7 Å². The zero-order chi connectivity index (χ0) is 14.9. The van der Waals surface area contributed by atoms with Crippen LogP contribution in [0.4, 0.5) is 0 Å². The molecule has 0 N–H and O–H groups in total. The lowest BCUT2D eigenvalue weighted by Crippen LogP contribution is -1.89. The van der Waals surface area contributed by atoms with Crippen molar-refractivity contribution in [1.82, 2.24) is 0 Å². The van der Waals surface area contributed by atoms with Crippen LogP contribution < -0.4 is 0 Å². The molecule has 0 amide bonds. The number of hydrogen-bond donors (Lipinski definition) is 0. The first-order chi connectivity index (χ1) is 9.59. The first-order valence-electron chi connectivity index (χ1n) is 7.48. The molecule has 0 aliphatic heterocycles. The van der Waals surface area contributed by atoms with Crippen LogP contribution in [0.1, 0.15) is 36.1 Å². The molecule has 0 fully saturated rings. The molecule has 20 heavy (non-hydrogen) atoms. The predicted octanol–water partition coefficient (Wildman–Crippen LogP) is 6.25. The van der Waals surface area contributed by atoms with Gasteiger partial charge in [0, 0.05) is 0 Å². The minimum Gasteiger partial charge on any atom is -0.0683 e. The summed E-state index contributed by atoms with van der Waals surface area (Å²) in [7, 11) is 0. The lowest BCUT2D eigenvalue weighted by atomic mass is 9.91. The molecule has 0 spiro atoms. The van der Waals surface area contributed by atoms with Crippen LogP contribution in [0.2, 0.25) is 0 Å². The van der Waals surface area contributed by atoms with Crippen molar-refractivity contribution in [1.29, 1.82) is 0 Å². The molecule has 0 aliphatic rings. The highest BCUT2D eigenvalue weighted by molar-refractivity contribution is 6.11. The fourth-order valence-corrected chi connectivity index (χ4v) is 2.86. The SMILES string of the molecule is CC.Cc1ccc2ccc3c(C)ccc(C)c3c2c1C. The van der Waals surface area contributed by atoms with Gasteiger partial charge in [-0.1, -0.05) is 50.2 Å². The Morgan fingerprint density at radius 1 is 0.550 bits per heavy atom. The van der Waals surface area contributed by atoms with Gasteiger partial charge >= 0.3 is 0 Å². The normalized spacial score (nSPS) is 10.5. The third-order valence-electron chi connectivity index (χ3n) is 4.12. The Bertz CT molecular complexity index is 764. The van der Waals surface area contributed by atoms with Crippen LogP contribution in [-0.4, -0.2) is 0 Å². The van der Waals surface area contributed by atoms with Crippen LogP contribution in [0.25, 0.3) is 21.5 Å². The average molecular weight is 264 g/mol. The highest BCUT2D eigenvalue weighted by Crippen LogP contribution is 2.33. The fourth-order valence-electron chi connectivity index (χ4n) is 2.86. The summed E-state index contributed by atoms with van der Waals surface area (Å²) in [4.78, 5) is 0. The molecule has 0 aromatic heterocycles. The molecule has 0 bridgehead atoms. The molecule has 104 valence electrons. The second-order valence-electron chi connectivity index (χ2n) is 5.29. The molecule has 0 saturated heterocycles. The average Bonchev–Trinajstić information content (AvgIpc) is 2.48. The van der Waals surface area contributed by atoms with Gasteiger partial charge in [-0.3, -0.25) is 0 Å². The third kappa shape index (κ3) is 2.20. The van der Waals surface area contributed by atoms with Gasteiger partial charge < -0.3 is 0 Å². The maximum absolute atomic E-state index is 2.26. The van der Waals surface area contributed by atoms with E-state index in [-0.39, 0.29) is 0 Å². The molecule has 0 nitrogen and oxygen atoms in total. The molecule has 0 radical (unpaired) electrons. The van der Waals surface area contributed by atoms with Gasteiger partial charge in [0.1, 0.15) is 0 Å². The van der Waals surface area contributed by atoms with Crippen molar-refractivity contribution in [3.8, 4) is 0 Å². The number of rotatable bonds is 0. The number of hydrogen-bond acceptors (Lipinski definition) is 0. The largest absolute Gasteiger partial charge is 0.0683 e. The van der Waals surface area contributed by atoms with E-state index in [4.69, 9.17) is 0 Å². The van der Waals surface area contributed by atoms with E-state index in [0.717, 1.165) is 0 Å². The van der Waals surface area contributed by atoms with Gasteiger partial charge in [-0.25, -0.2) is 0 Å². The van der Waals surface area contributed by atoms with Crippen molar-refractivity contribution in [2.45, 2.75) is 41.5 Å². The summed E-state index contributed by atoms with van der Waals surface area (Å²) in [5.41, 5.74) is 5.51. The van der Waals surface area contributed by atoms with E-state index in [0.29, 0.717) is 0 Å². The zero-order valence-electron chi connectivity index (χ0n) is 13.5. The lowest BCUT2D eigenvalue weighted by molar-refractivity contribution is 1.38. The third-order valence-corrected chi connectivity index (χ3v) is 4.12. The van der Waals surface area contributed by atoms with E-state index in [9.17, 15) is 0 Å². The van der Waals surface area contributed by atoms with Gasteiger partial charge in [-0.05, 0) is 71.5 Å². The molecule has 3 rings (SSSR count). The summed E-state index contributed by atoms with van der Waals surface area (Å²) in [5.74, 6) is 0. The minimum absolute atomic E-state index is 1.35. The van der Waals surface area contributed by atoms with Crippen molar-refractivity contribution < 1.29 is 0 Å². The number of benzene rings is 3. The van der Waals surface area contributed by atoms with Crippen LogP contribution in [0, 0.1) is 27.7 Å². The van der Waals surface area contributed by atoms with E-state index < -0.39 is 0 Å². The minimum atomic E-state index is 1.35. The van der Waals surface area contributed by atoms with E-state index in [1.165, 1.54) is 43.8 Å². The van der Waals surface area contributed by atoms with Crippen LogP contribution >= 0.6 is 0 Å². The molecule has 0 unspecified atom stereocenters. The Morgan fingerprint density at radius 2 is 1.10 bits per heavy atom. The Morgan fingerprint density at radius 3 is 1.80 bits per heavy atom. The highest BCUT2D eigenvalue weighted by atomic mass is 14.1. The first-order valence-corrected chi connectivity index (χ1v) is 7.48. The van der Waals surface area contributed by atoms with Gasteiger partial charge in [0.2, 0.25) is 0 Å². The molecule has 0 saturated carbocycles. The van der Waals surface area contributed by atoms with Gasteiger partial charge in [-0.2, -0.15) is 0 Å². The quantitative estimate of drug-likeness (QED) is 0.421. The Balaban J connectivity index is 0.000000704. The topological polar surface area (TPSA) is 0 Å². The first kappa shape index (κ1) is 14.6. The van der Waals surface area contributed by atoms with Crippen molar-refractivity contribution in [2.24, 2.45) is 0 Å². The van der Waals surface area contributed by atoms with Crippen molar-refractivity contribution in [2.75, 3.05) is 0 Å². The fraction of sp³-hybridized carbons (Fsp3) is 0.300. The van der Waals surface area contributed by atoms with E-state index in [1.807, 2.05) is 13.8 Å². The maximum Gasteiger partial charge on any atom is -0.00707 e. The number of aryl methyl sites for hydroxylation is 4. The van der Waals surface area contributed by atoms with Crippen LogP contribution in [0.5, 0.6) is 0 Å². The second kappa shape index (κ2) is 5.66. The van der Waals surface area contributed by atoms with Crippen molar-refractivity contribution in [3.63, 3.8) is 0 Å². The van der Waals surface area contributed by atoms with Crippen molar-refractivity contribution >= 4 is 21.5 Å². The van der Waals surface area contributed by atoms with Crippen LogP contribution in [0.3, 0.4) is 0 Å². The maximum atomic E-state index is 2.26. The standard InChI is InChI=1S/C18H18.C2H6/c1-11-7-8-15-9-10-16-12(2)5-6-13(3)17(16)18(15)14(11)4;1-2/h5-10H,1-4H3;1-2H3. The van der Waals surface area contributed by atoms with E-state index in [2.05, 4.69) is 64.1 Å².